The van der Waals surface area contributed by atoms with Crippen LogP contribution in [0.5, 0.6) is 0 Å². The van der Waals surface area contributed by atoms with Crippen molar-refractivity contribution in [3.8, 4) is 0 Å². The Labute approximate surface area is 109 Å². The highest BCUT2D eigenvalue weighted by Gasteiger charge is 2.52. The molecular weight excluding hydrogens is 250 g/mol. The number of nitrogens with two attached hydrogens (primary N) is 1. The van der Waals surface area contributed by atoms with Crippen LogP contribution in [0.15, 0.2) is 5.16 Å². The Morgan fingerprint density at radius 2 is 2.37 bits per heavy atom. The molecule has 1 aromatic rings. The molecule has 9 nitrogen and oxygen atoms in total. The van der Waals surface area contributed by atoms with Gasteiger partial charge in [-0.3, -0.25) is 4.79 Å². The first kappa shape index (κ1) is 13.2. The maximum atomic E-state index is 12.3. The number of hydrogen-bond acceptors (Lipinski definition) is 6. The lowest BCUT2D eigenvalue weighted by Gasteiger charge is -2.44. The van der Waals surface area contributed by atoms with Gasteiger partial charge in [-0.25, -0.2) is 0 Å². The van der Waals surface area contributed by atoms with Gasteiger partial charge in [0.25, 0.3) is 0 Å². The molecule has 1 aliphatic rings. The predicted molar refractivity (Wildman–Crippen MR) is 65.0 cm³/mol. The van der Waals surface area contributed by atoms with E-state index in [9.17, 15) is 4.79 Å². The zero-order valence-corrected chi connectivity index (χ0v) is 10.8. The first-order chi connectivity index (χ1) is 8.99. The predicted octanol–water partition coefficient (Wildman–Crippen LogP) is -0.460. The van der Waals surface area contributed by atoms with Gasteiger partial charge in [0, 0.05) is 0 Å². The van der Waals surface area contributed by atoms with Crippen LogP contribution in [-0.4, -0.2) is 37.6 Å². The van der Waals surface area contributed by atoms with Crippen LogP contribution < -0.4 is 11.1 Å². The fourth-order valence-corrected chi connectivity index (χ4v) is 2.49. The molecule has 0 aromatic carbocycles. The van der Waals surface area contributed by atoms with E-state index < -0.39 is 11.5 Å². The molecule has 1 fully saturated rings. The van der Waals surface area contributed by atoms with Crippen LogP contribution in [0, 0.1) is 11.3 Å². The SMILES string of the molecule is CC1CC(C(=O)NC(C)c2nn[nH]n2)(C(N)=NO)C1. The van der Waals surface area contributed by atoms with Gasteiger partial charge in [-0.05, 0) is 25.7 Å². The third-order valence-corrected chi connectivity index (χ3v) is 3.52. The molecule has 1 saturated carbocycles. The van der Waals surface area contributed by atoms with Crippen LogP contribution >= 0.6 is 0 Å². The number of carbonyl (C=O) groups excluding carboxylic acids is 1. The number of aromatic amines is 1. The Morgan fingerprint density at radius 3 is 2.84 bits per heavy atom. The number of oxime groups is 1. The smallest absolute Gasteiger partial charge is 0.234 e. The number of hydrogen-bond donors (Lipinski definition) is 4. The molecule has 1 unspecified atom stereocenters. The average molecular weight is 267 g/mol. The van der Waals surface area contributed by atoms with Gasteiger partial charge in [0.2, 0.25) is 5.91 Å². The monoisotopic (exact) mass is 267 g/mol. The van der Waals surface area contributed by atoms with Crippen molar-refractivity contribution in [2.75, 3.05) is 0 Å². The second kappa shape index (κ2) is 4.82. The molecular formula is C10H17N7O2. The highest BCUT2D eigenvalue weighted by atomic mass is 16.4. The van der Waals surface area contributed by atoms with Gasteiger partial charge in [0.05, 0.1) is 6.04 Å². The summed E-state index contributed by atoms with van der Waals surface area (Å²) in [6, 6.07) is -0.398. The molecule has 1 aromatic heterocycles. The largest absolute Gasteiger partial charge is 0.409 e. The molecule has 1 atom stereocenters. The van der Waals surface area contributed by atoms with Crippen LogP contribution in [0.3, 0.4) is 0 Å². The topological polar surface area (TPSA) is 142 Å². The van der Waals surface area contributed by atoms with Crippen LogP contribution in [0.25, 0.3) is 0 Å². The van der Waals surface area contributed by atoms with Crippen molar-refractivity contribution in [2.24, 2.45) is 22.2 Å². The zero-order chi connectivity index (χ0) is 14.0. The number of amidine groups is 1. The van der Waals surface area contributed by atoms with Crippen molar-refractivity contribution in [3.05, 3.63) is 5.82 Å². The van der Waals surface area contributed by atoms with Crippen molar-refractivity contribution in [1.29, 1.82) is 0 Å². The fourth-order valence-electron chi connectivity index (χ4n) is 2.49. The minimum absolute atomic E-state index is 0.0524. The van der Waals surface area contributed by atoms with Gasteiger partial charge in [-0.1, -0.05) is 17.3 Å². The van der Waals surface area contributed by atoms with Gasteiger partial charge >= 0.3 is 0 Å². The molecule has 2 rings (SSSR count). The maximum absolute atomic E-state index is 12.3. The second-order valence-corrected chi connectivity index (χ2v) is 5.05. The van der Waals surface area contributed by atoms with Gasteiger partial charge in [-0.15, -0.1) is 10.2 Å². The quantitative estimate of drug-likeness (QED) is 0.251. The standard InChI is InChI=1S/C10H17N7O2/c1-5-3-10(4-5,8(11)15-19)9(18)12-6(2)7-13-16-17-14-7/h5-6,19H,3-4H2,1-2H3,(H2,11,15)(H,12,18)(H,13,14,16,17). The highest BCUT2D eigenvalue weighted by Crippen LogP contribution is 2.46. The first-order valence-corrected chi connectivity index (χ1v) is 6.02. The number of nitrogens with one attached hydrogen (secondary N) is 2. The van der Waals surface area contributed by atoms with Crippen LogP contribution in [0.2, 0.25) is 0 Å². The molecule has 0 aliphatic heterocycles. The second-order valence-electron chi connectivity index (χ2n) is 5.05. The van der Waals surface area contributed by atoms with Crippen molar-refractivity contribution in [2.45, 2.75) is 32.7 Å². The van der Waals surface area contributed by atoms with E-state index in [-0.39, 0.29) is 11.7 Å². The lowest BCUT2D eigenvalue weighted by atomic mass is 9.61. The molecule has 0 saturated heterocycles. The van der Waals surface area contributed by atoms with Crippen LogP contribution in [0.4, 0.5) is 0 Å². The van der Waals surface area contributed by atoms with Crippen molar-refractivity contribution < 1.29 is 10.0 Å². The van der Waals surface area contributed by atoms with E-state index in [0.717, 1.165) is 0 Å². The Kier molecular flexibility index (Phi) is 3.36. The summed E-state index contributed by atoms with van der Waals surface area (Å²) in [7, 11) is 0. The molecule has 0 bridgehead atoms. The molecule has 1 aliphatic carbocycles. The van der Waals surface area contributed by atoms with Crippen molar-refractivity contribution >= 4 is 11.7 Å². The summed E-state index contributed by atoms with van der Waals surface area (Å²) in [6.45, 7) is 3.75. The molecule has 0 spiro atoms. The Morgan fingerprint density at radius 1 is 1.68 bits per heavy atom. The van der Waals surface area contributed by atoms with Gasteiger partial charge in [0.15, 0.2) is 11.7 Å². The van der Waals surface area contributed by atoms with Crippen LogP contribution in [-0.2, 0) is 4.79 Å². The molecule has 104 valence electrons. The normalized spacial score (nSPS) is 28.5. The van der Waals surface area contributed by atoms with E-state index in [2.05, 4.69) is 31.1 Å². The van der Waals surface area contributed by atoms with Gasteiger partial charge in [-0.2, -0.15) is 5.21 Å². The number of amides is 1. The van der Waals surface area contributed by atoms with Crippen molar-refractivity contribution in [3.63, 3.8) is 0 Å². The molecule has 19 heavy (non-hydrogen) atoms. The first-order valence-electron chi connectivity index (χ1n) is 6.02. The molecule has 5 N–H and O–H groups in total. The Hall–Kier alpha value is -2.19. The summed E-state index contributed by atoms with van der Waals surface area (Å²) < 4.78 is 0. The highest BCUT2D eigenvalue weighted by molar-refractivity contribution is 6.07. The fraction of sp³-hybridized carbons (Fsp3) is 0.700. The number of aromatic nitrogens is 4. The molecule has 0 radical (unpaired) electrons. The molecule has 1 heterocycles. The summed E-state index contributed by atoms with van der Waals surface area (Å²) >= 11 is 0. The lowest BCUT2D eigenvalue weighted by molar-refractivity contribution is -0.133. The molecule has 9 heteroatoms. The minimum atomic E-state index is -0.924. The van der Waals surface area contributed by atoms with Gasteiger partial charge < -0.3 is 16.3 Å². The number of rotatable bonds is 4. The lowest BCUT2D eigenvalue weighted by Crippen LogP contribution is -2.57. The van der Waals surface area contributed by atoms with E-state index in [1.54, 1.807) is 6.92 Å². The van der Waals surface area contributed by atoms with E-state index in [1.165, 1.54) is 0 Å². The van der Waals surface area contributed by atoms with Gasteiger partial charge in [0.1, 0.15) is 5.41 Å². The number of carbonyl (C=O) groups is 1. The van der Waals surface area contributed by atoms with Crippen molar-refractivity contribution in [1.82, 2.24) is 25.9 Å². The summed E-state index contributed by atoms with van der Waals surface area (Å²) in [4.78, 5) is 12.3. The summed E-state index contributed by atoms with van der Waals surface area (Å²) in [5.41, 5.74) is 4.74. The van der Waals surface area contributed by atoms with E-state index >= 15 is 0 Å². The Bertz CT molecular complexity index is 478. The van der Waals surface area contributed by atoms with E-state index in [4.69, 9.17) is 10.9 Å². The maximum Gasteiger partial charge on any atom is 0.234 e. The minimum Gasteiger partial charge on any atom is -0.409 e. The molecule has 1 amide bonds. The summed E-state index contributed by atoms with van der Waals surface area (Å²) in [5, 5.41) is 27.9. The number of tetrazole rings is 1. The van der Waals surface area contributed by atoms with E-state index in [1.807, 2.05) is 6.92 Å². The number of nitrogens with zero attached hydrogens (tertiary/aromatic N) is 4. The summed E-state index contributed by atoms with van der Waals surface area (Å²) in [6.07, 6.45) is 1.13. The third kappa shape index (κ3) is 2.23. The third-order valence-electron chi connectivity index (χ3n) is 3.52. The average Bonchev–Trinajstić information content (AvgIpc) is 2.87. The zero-order valence-electron chi connectivity index (χ0n) is 10.8. The van der Waals surface area contributed by atoms with E-state index in [0.29, 0.717) is 24.6 Å². The Balaban J connectivity index is 2.09. The van der Waals surface area contributed by atoms with Crippen LogP contribution in [0.1, 0.15) is 38.6 Å². The summed E-state index contributed by atoms with van der Waals surface area (Å²) in [5.74, 6) is 0.420. The number of H-pyrrole nitrogens is 1.